The molecule has 130 valence electrons. The Bertz CT molecular complexity index is 679. The number of furan rings is 1. The Hall–Kier alpha value is -2.48. The fourth-order valence-electron chi connectivity index (χ4n) is 1.92. The molecule has 1 aromatic carbocycles. The zero-order valence-corrected chi connectivity index (χ0v) is 12.8. The lowest BCUT2D eigenvalue weighted by Crippen LogP contribution is -2.35. The van der Waals surface area contributed by atoms with E-state index in [4.69, 9.17) is 9.15 Å². The maximum atomic E-state index is 12.4. The monoisotopic (exact) mass is 343 g/mol. The van der Waals surface area contributed by atoms with Gasteiger partial charge in [-0.05, 0) is 37.3 Å². The number of rotatable bonds is 6. The molecule has 5 nitrogen and oxygen atoms in total. The Kier molecular flexibility index (Phi) is 5.50. The van der Waals surface area contributed by atoms with Gasteiger partial charge in [-0.25, -0.2) is 0 Å². The van der Waals surface area contributed by atoms with Crippen LogP contribution in [0.25, 0.3) is 0 Å². The first-order chi connectivity index (χ1) is 11.3. The molecule has 0 aliphatic rings. The second-order valence-corrected chi connectivity index (χ2v) is 5.09. The summed E-state index contributed by atoms with van der Waals surface area (Å²) in [6.07, 6.45) is -4.04. The third-order valence-electron chi connectivity index (χ3n) is 3.23. The lowest BCUT2D eigenvalue weighted by atomic mass is 10.2. The van der Waals surface area contributed by atoms with Crippen molar-refractivity contribution in [2.45, 2.75) is 19.2 Å². The number of nitrogens with one attached hydrogen (secondary N) is 1. The first kappa shape index (κ1) is 17.9. The number of ether oxygens (including phenoxy) is 1. The molecule has 24 heavy (non-hydrogen) atoms. The summed E-state index contributed by atoms with van der Waals surface area (Å²) in [5, 5.41) is 12.3. The van der Waals surface area contributed by atoms with Gasteiger partial charge in [0.15, 0.2) is 0 Å². The number of hydrogen-bond donors (Lipinski definition) is 2. The molecule has 0 radical (unpaired) electrons. The Morgan fingerprint density at radius 3 is 2.50 bits per heavy atom. The quantitative estimate of drug-likeness (QED) is 0.846. The van der Waals surface area contributed by atoms with E-state index in [0.717, 1.165) is 12.1 Å². The summed E-state index contributed by atoms with van der Waals surface area (Å²) in [5.74, 6) is 0.261. The van der Waals surface area contributed by atoms with Gasteiger partial charge in [0.1, 0.15) is 24.2 Å². The summed E-state index contributed by atoms with van der Waals surface area (Å²) >= 11 is 0. The minimum Gasteiger partial charge on any atom is -0.491 e. The van der Waals surface area contributed by atoms with Crippen molar-refractivity contribution < 1.29 is 32.2 Å². The van der Waals surface area contributed by atoms with E-state index in [0.29, 0.717) is 11.3 Å². The summed E-state index contributed by atoms with van der Waals surface area (Å²) < 4.78 is 47.5. The molecule has 0 fully saturated rings. The lowest BCUT2D eigenvalue weighted by molar-refractivity contribution is -0.137. The molecule has 2 rings (SSSR count). The van der Waals surface area contributed by atoms with E-state index < -0.39 is 23.8 Å². The van der Waals surface area contributed by atoms with Gasteiger partial charge in [0, 0.05) is 6.54 Å². The number of halogens is 3. The van der Waals surface area contributed by atoms with Crippen LogP contribution in [0, 0.1) is 6.92 Å². The van der Waals surface area contributed by atoms with Gasteiger partial charge in [-0.2, -0.15) is 13.2 Å². The first-order valence-electron chi connectivity index (χ1n) is 7.08. The van der Waals surface area contributed by atoms with Crippen LogP contribution in [0.15, 0.2) is 41.0 Å². The van der Waals surface area contributed by atoms with Gasteiger partial charge >= 0.3 is 6.18 Å². The van der Waals surface area contributed by atoms with Gasteiger partial charge in [-0.1, -0.05) is 0 Å². The van der Waals surface area contributed by atoms with Crippen molar-refractivity contribution >= 4 is 5.91 Å². The number of aliphatic hydroxyl groups excluding tert-OH is 1. The van der Waals surface area contributed by atoms with E-state index >= 15 is 0 Å². The normalized spacial score (nSPS) is 12.7. The maximum absolute atomic E-state index is 12.4. The number of benzene rings is 1. The van der Waals surface area contributed by atoms with Crippen molar-refractivity contribution in [1.29, 1.82) is 0 Å². The molecule has 1 heterocycles. The van der Waals surface area contributed by atoms with E-state index in [1.54, 1.807) is 6.92 Å². The second-order valence-electron chi connectivity index (χ2n) is 5.09. The molecule has 0 aliphatic heterocycles. The van der Waals surface area contributed by atoms with Crippen LogP contribution in [0.5, 0.6) is 5.75 Å². The van der Waals surface area contributed by atoms with Gasteiger partial charge in [0.25, 0.3) is 5.91 Å². The number of aliphatic hydroxyl groups is 1. The highest BCUT2D eigenvalue weighted by molar-refractivity contribution is 5.95. The van der Waals surface area contributed by atoms with E-state index in [9.17, 15) is 23.1 Å². The topological polar surface area (TPSA) is 71.7 Å². The third-order valence-corrected chi connectivity index (χ3v) is 3.23. The van der Waals surface area contributed by atoms with Crippen molar-refractivity contribution in [2.75, 3.05) is 13.2 Å². The number of aryl methyl sites for hydroxylation is 1. The number of carbonyl (C=O) groups excluding carboxylic acids is 1. The van der Waals surface area contributed by atoms with E-state index in [1.807, 2.05) is 0 Å². The van der Waals surface area contributed by atoms with Gasteiger partial charge in [0.05, 0.1) is 17.4 Å². The second kappa shape index (κ2) is 7.39. The van der Waals surface area contributed by atoms with Crippen LogP contribution < -0.4 is 10.1 Å². The molecule has 1 atom stereocenters. The highest BCUT2D eigenvalue weighted by Gasteiger charge is 2.30. The molecule has 0 saturated heterocycles. The van der Waals surface area contributed by atoms with Crippen LogP contribution in [0.4, 0.5) is 13.2 Å². The van der Waals surface area contributed by atoms with Gasteiger partial charge in [-0.3, -0.25) is 4.79 Å². The Morgan fingerprint density at radius 2 is 1.96 bits per heavy atom. The van der Waals surface area contributed by atoms with E-state index in [1.165, 1.54) is 24.5 Å². The molecule has 0 unspecified atom stereocenters. The molecule has 0 spiro atoms. The lowest BCUT2D eigenvalue weighted by Gasteiger charge is -2.14. The van der Waals surface area contributed by atoms with Crippen LogP contribution in [0.1, 0.15) is 21.7 Å². The number of alkyl halides is 3. The zero-order chi connectivity index (χ0) is 17.7. The largest absolute Gasteiger partial charge is 0.491 e. The van der Waals surface area contributed by atoms with Crippen LogP contribution in [0.2, 0.25) is 0 Å². The summed E-state index contributed by atoms with van der Waals surface area (Å²) in [6.45, 7) is 1.40. The fraction of sp³-hybridized carbons (Fsp3) is 0.312. The summed E-state index contributed by atoms with van der Waals surface area (Å²) in [7, 11) is 0. The predicted octanol–water partition coefficient (Wildman–Crippen LogP) is 2.78. The Morgan fingerprint density at radius 1 is 1.29 bits per heavy atom. The van der Waals surface area contributed by atoms with Crippen molar-refractivity contribution in [2.24, 2.45) is 0 Å². The highest BCUT2D eigenvalue weighted by atomic mass is 19.4. The number of hydrogen-bond acceptors (Lipinski definition) is 4. The number of carbonyl (C=O) groups is 1. The molecular weight excluding hydrogens is 327 g/mol. The molecule has 2 N–H and O–H groups in total. The predicted molar refractivity (Wildman–Crippen MR) is 78.7 cm³/mol. The van der Waals surface area contributed by atoms with E-state index in [-0.39, 0.29) is 18.9 Å². The maximum Gasteiger partial charge on any atom is 0.416 e. The zero-order valence-electron chi connectivity index (χ0n) is 12.8. The minimum absolute atomic E-state index is 0.0654. The molecule has 0 bridgehead atoms. The Labute approximate surface area is 136 Å². The minimum atomic E-state index is -4.41. The molecule has 1 amide bonds. The third kappa shape index (κ3) is 4.76. The van der Waals surface area contributed by atoms with Crippen molar-refractivity contribution in [1.82, 2.24) is 5.32 Å². The molecule has 2 aromatic rings. The van der Waals surface area contributed by atoms with Crippen LogP contribution in [0.3, 0.4) is 0 Å². The number of amides is 1. The summed E-state index contributed by atoms with van der Waals surface area (Å²) in [5.41, 5.74) is -0.413. The van der Waals surface area contributed by atoms with Crippen molar-refractivity contribution in [3.8, 4) is 5.75 Å². The standard InChI is InChI=1S/C16H16F3NO4/c1-10-14(6-7-23-10)15(22)20-8-12(21)9-24-13-4-2-11(3-5-13)16(17,18)19/h2-7,12,21H,8-9H2,1H3,(H,20,22)/t12-/m1/s1. The summed E-state index contributed by atoms with van der Waals surface area (Å²) in [4.78, 5) is 11.8. The van der Waals surface area contributed by atoms with Gasteiger partial charge in [-0.15, -0.1) is 0 Å². The molecule has 0 aliphatic carbocycles. The van der Waals surface area contributed by atoms with Gasteiger partial charge < -0.3 is 19.6 Å². The van der Waals surface area contributed by atoms with Crippen LogP contribution in [-0.4, -0.2) is 30.3 Å². The van der Waals surface area contributed by atoms with Crippen LogP contribution in [-0.2, 0) is 6.18 Å². The first-order valence-corrected chi connectivity index (χ1v) is 7.08. The smallest absolute Gasteiger partial charge is 0.416 e. The van der Waals surface area contributed by atoms with Crippen LogP contribution >= 0.6 is 0 Å². The molecule has 1 aromatic heterocycles. The fourth-order valence-corrected chi connectivity index (χ4v) is 1.92. The molecule has 0 saturated carbocycles. The Balaban J connectivity index is 1.78. The van der Waals surface area contributed by atoms with Crippen molar-refractivity contribution in [3.05, 3.63) is 53.5 Å². The molecular formula is C16H16F3NO4. The molecule has 8 heteroatoms. The summed E-state index contributed by atoms with van der Waals surface area (Å²) in [6, 6.07) is 5.64. The average molecular weight is 343 g/mol. The SMILES string of the molecule is Cc1occc1C(=O)NC[C@@H](O)COc1ccc(C(F)(F)F)cc1. The highest BCUT2D eigenvalue weighted by Crippen LogP contribution is 2.30. The van der Waals surface area contributed by atoms with E-state index in [2.05, 4.69) is 5.32 Å². The van der Waals surface area contributed by atoms with Crippen molar-refractivity contribution in [3.63, 3.8) is 0 Å². The average Bonchev–Trinajstić information content (AvgIpc) is 2.96. The van der Waals surface area contributed by atoms with Gasteiger partial charge in [0.2, 0.25) is 0 Å².